The van der Waals surface area contributed by atoms with Crippen LogP contribution in [0.25, 0.3) is 0 Å². The lowest BCUT2D eigenvalue weighted by molar-refractivity contribution is 0.0654. The third-order valence-corrected chi connectivity index (χ3v) is 4.07. The summed E-state index contributed by atoms with van der Waals surface area (Å²) in [5, 5.41) is 3.67. The standard InChI is InChI=1S/C19H23NO2/c1-19(2)12-17(20-13-14-7-5-4-6-8-14)16-10-9-15(21-3)11-18(16)22-19/h4-11,17,20H,12-13H2,1-3H3. The van der Waals surface area contributed by atoms with Crippen LogP contribution in [0.4, 0.5) is 0 Å². The topological polar surface area (TPSA) is 30.5 Å². The van der Waals surface area contributed by atoms with Crippen LogP contribution < -0.4 is 14.8 Å². The van der Waals surface area contributed by atoms with Gasteiger partial charge in [-0.1, -0.05) is 36.4 Å². The van der Waals surface area contributed by atoms with Crippen molar-refractivity contribution in [3.8, 4) is 11.5 Å². The van der Waals surface area contributed by atoms with Gasteiger partial charge in [-0.2, -0.15) is 0 Å². The molecule has 0 spiro atoms. The highest BCUT2D eigenvalue weighted by Crippen LogP contribution is 2.41. The first-order valence-electron chi connectivity index (χ1n) is 7.72. The Hall–Kier alpha value is -2.00. The largest absolute Gasteiger partial charge is 0.497 e. The first-order chi connectivity index (χ1) is 10.6. The summed E-state index contributed by atoms with van der Waals surface area (Å²) in [6, 6.07) is 16.8. The fourth-order valence-corrected chi connectivity index (χ4v) is 2.98. The van der Waals surface area contributed by atoms with Crippen molar-refractivity contribution in [2.75, 3.05) is 7.11 Å². The maximum Gasteiger partial charge on any atom is 0.128 e. The number of rotatable bonds is 4. The highest BCUT2D eigenvalue weighted by molar-refractivity contribution is 5.44. The molecule has 0 saturated carbocycles. The quantitative estimate of drug-likeness (QED) is 0.922. The van der Waals surface area contributed by atoms with Gasteiger partial charge < -0.3 is 14.8 Å². The molecule has 1 aliphatic rings. The smallest absolute Gasteiger partial charge is 0.128 e. The Balaban J connectivity index is 1.82. The maximum atomic E-state index is 6.12. The van der Waals surface area contributed by atoms with Crippen LogP contribution in [-0.2, 0) is 6.54 Å². The molecule has 1 N–H and O–H groups in total. The summed E-state index contributed by atoms with van der Waals surface area (Å²) in [5.74, 6) is 1.75. The molecule has 0 amide bonds. The van der Waals surface area contributed by atoms with Crippen molar-refractivity contribution in [3.63, 3.8) is 0 Å². The minimum atomic E-state index is -0.187. The van der Waals surface area contributed by atoms with Gasteiger partial charge in [0.15, 0.2) is 0 Å². The van der Waals surface area contributed by atoms with Gasteiger partial charge in [0.2, 0.25) is 0 Å². The van der Waals surface area contributed by atoms with Gasteiger partial charge in [0, 0.05) is 30.6 Å². The second-order valence-corrected chi connectivity index (χ2v) is 6.39. The van der Waals surface area contributed by atoms with E-state index < -0.39 is 0 Å². The Labute approximate surface area is 132 Å². The first kappa shape index (κ1) is 14.9. The second kappa shape index (κ2) is 6.01. The van der Waals surface area contributed by atoms with Crippen LogP contribution in [0.2, 0.25) is 0 Å². The molecule has 1 unspecified atom stereocenters. The Kier molecular flexibility index (Phi) is 4.08. The molecule has 2 aromatic carbocycles. The number of hydrogen-bond acceptors (Lipinski definition) is 3. The van der Waals surface area contributed by atoms with E-state index in [1.807, 2.05) is 18.2 Å². The average molecular weight is 297 g/mol. The van der Waals surface area contributed by atoms with Gasteiger partial charge in [-0.15, -0.1) is 0 Å². The summed E-state index contributed by atoms with van der Waals surface area (Å²) in [5.41, 5.74) is 2.31. The molecule has 2 aromatic rings. The normalized spacial score (nSPS) is 19.1. The fraction of sp³-hybridized carbons (Fsp3) is 0.368. The fourth-order valence-electron chi connectivity index (χ4n) is 2.98. The molecule has 0 aliphatic carbocycles. The molecule has 22 heavy (non-hydrogen) atoms. The summed E-state index contributed by atoms with van der Waals surface area (Å²) in [6.07, 6.45) is 0.944. The van der Waals surface area contributed by atoms with Gasteiger partial charge in [0.25, 0.3) is 0 Å². The van der Waals surface area contributed by atoms with Crippen molar-refractivity contribution < 1.29 is 9.47 Å². The van der Waals surface area contributed by atoms with Gasteiger partial charge in [-0.25, -0.2) is 0 Å². The van der Waals surface area contributed by atoms with Crippen LogP contribution in [0, 0.1) is 0 Å². The number of benzene rings is 2. The van der Waals surface area contributed by atoms with Crippen molar-refractivity contribution in [1.82, 2.24) is 5.32 Å². The SMILES string of the molecule is COc1ccc2c(c1)OC(C)(C)CC2NCc1ccccc1. The van der Waals surface area contributed by atoms with Crippen molar-refractivity contribution in [1.29, 1.82) is 0 Å². The van der Waals surface area contributed by atoms with Gasteiger partial charge in [0.1, 0.15) is 17.1 Å². The van der Waals surface area contributed by atoms with Gasteiger partial charge >= 0.3 is 0 Å². The number of ether oxygens (including phenoxy) is 2. The zero-order valence-electron chi connectivity index (χ0n) is 13.4. The molecule has 1 atom stereocenters. The van der Waals surface area contributed by atoms with Gasteiger partial charge in [-0.05, 0) is 25.5 Å². The van der Waals surface area contributed by atoms with E-state index in [0.29, 0.717) is 0 Å². The van der Waals surface area contributed by atoms with E-state index in [9.17, 15) is 0 Å². The lowest BCUT2D eigenvalue weighted by Crippen LogP contribution is -2.39. The van der Waals surface area contributed by atoms with Gasteiger partial charge in [-0.3, -0.25) is 0 Å². The average Bonchev–Trinajstić information content (AvgIpc) is 2.52. The maximum absolute atomic E-state index is 6.12. The molecule has 0 saturated heterocycles. The third kappa shape index (κ3) is 3.25. The summed E-state index contributed by atoms with van der Waals surface area (Å²) < 4.78 is 11.4. The van der Waals surface area contributed by atoms with Crippen LogP contribution in [0.5, 0.6) is 11.5 Å². The lowest BCUT2D eigenvalue weighted by atomic mass is 9.89. The molecule has 0 fully saturated rings. The molecule has 3 nitrogen and oxygen atoms in total. The Morgan fingerprint density at radius 3 is 2.68 bits per heavy atom. The molecule has 1 heterocycles. The number of fused-ring (bicyclic) bond motifs is 1. The van der Waals surface area contributed by atoms with Crippen LogP contribution in [0.1, 0.15) is 37.4 Å². The molecular weight excluding hydrogens is 274 g/mol. The van der Waals surface area contributed by atoms with Crippen molar-refractivity contribution >= 4 is 0 Å². The van der Waals surface area contributed by atoms with Crippen LogP contribution in [0.3, 0.4) is 0 Å². The molecule has 0 radical (unpaired) electrons. The minimum Gasteiger partial charge on any atom is -0.497 e. The second-order valence-electron chi connectivity index (χ2n) is 6.39. The molecule has 1 aliphatic heterocycles. The number of hydrogen-bond donors (Lipinski definition) is 1. The Morgan fingerprint density at radius 1 is 1.18 bits per heavy atom. The minimum absolute atomic E-state index is 0.187. The molecule has 0 aromatic heterocycles. The highest BCUT2D eigenvalue weighted by atomic mass is 16.5. The predicted molar refractivity (Wildman–Crippen MR) is 88.3 cm³/mol. The zero-order chi connectivity index (χ0) is 15.6. The first-order valence-corrected chi connectivity index (χ1v) is 7.72. The van der Waals surface area contributed by atoms with E-state index in [0.717, 1.165) is 24.5 Å². The van der Waals surface area contributed by atoms with Gasteiger partial charge in [0.05, 0.1) is 7.11 Å². The Bertz CT molecular complexity index is 637. The van der Waals surface area contributed by atoms with Crippen LogP contribution in [-0.4, -0.2) is 12.7 Å². The number of nitrogens with one attached hydrogen (secondary N) is 1. The number of methoxy groups -OCH3 is 1. The molecular formula is C19H23NO2. The zero-order valence-corrected chi connectivity index (χ0v) is 13.4. The van der Waals surface area contributed by atoms with E-state index in [-0.39, 0.29) is 11.6 Å². The van der Waals surface area contributed by atoms with E-state index in [2.05, 4.69) is 49.5 Å². The third-order valence-electron chi connectivity index (χ3n) is 4.07. The molecule has 116 valence electrons. The molecule has 3 heteroatoms. The predicted octanol–water partition coefficient (Wildman–Crippen LogP) is 4.09. The van der Waals surface area contributed by atoms with Crippen molar-refractivity contribution in [3.05, 3.63) is 59.7 Å². The Morgan fingerprint density at radius 2 is 1.95 bits per heavy atom. The summed E-state index contributed by atoms with van der Waals surface area (Å²) >= 11 is 0. The monoisotopic (exact) mass is 297 g/mol. The van der Waals surface area contributed by atoms with Crippen LogP contribution in [0.15, 0.2) is 48.5 Å². The van der Waals surface area contributed by atoms with E-state index in [4.69, 9.17) is 9.47 Å². The van der Waals surface area contributed by atoms with Crippen LogP contribution >= 0.6 is 0 Å². The van der Waals surface area contributed by atoms with E-state index in [1.54, 1.807) is 7.11 Å². The molecule has 0 bridgehead atoms. The lowest BCUT2D eigenvalue weighted by Gasteiger charge is -2.38. The van der Waals surface area contributed by atoms with Crippen molar-refractivity contribution in [2.45, 2.75) is 38.5 Å². The van der Waals surface area contributed by atoms with E-state index in [1.165, 1.54) is 11.1 Å². The summed E-state index contributed by atoms with van der Waals surface area (Å²) in [7, 11) is 1.68. The summed E-state index contributed by atoms with van der Waals surface area (Å²) in [6.45, 7) is 5.12. The molecule has 3 rings (SSSR count). The summed E-state index contributed by atoms with van der Waals surface area (Å²) in [4.78, 5) is 0. The highest BCUT2D eigenvalue weighted by Gasteiger charge is 2.33. The van der Waals surface area contributed by atoms with E-state index >= 15 is 0 Å². The van der Waals surface area contributed by atoms with Crippen molar-refractivity contribution in [2.24, 2.45) is 0 Å².